The Kier molecular flexibility index (Phi) is 5.51. The van der Waals surface area contributed by atoms with Crippen LogP contribution in [-0.2, 0) is 22.7 Å². The van der Waals surface area contributed by atoms with Gasteiger partial charge >= 0.3 is 0 Å². The highest BCUT2D eigenvalue weighted by Crippen LogP contribution is 2.24. The molecule has 1 aliphatic heterocycles. The van der Waals surface area contributed by atoms with Gasteiger partial charge in [-0.2, -0.15) is 0 Å². The van der Waals surface area contributed by atoms with E-state index in [1.807, 2.05) is 70.3 Å². The molecular formula is C23H25N3O3. The van der Waals surface area contributed by atoms with Gasteiger partial charge in [0.15, 0.2) is 0 Å². The molecule has 29 heavy (non-hydrogen) atoms. The zero-order valence-electron chi connectivity index (χ0n) is 16.3. The number of nitrogens with two attached hydrogens (primary N) is 1. The van der Waals surface area contributed by atoms with Crippen molar-refractivity contribution < 1.29 is 14.3 Å². The van der Waals surface area contributed by atoms with Crippen LogP contribution < -0.4 is 10.5 Å². The van der Waals surface area contributed by atoms with Crippen LogP contribution in [0.3, 0.4) is 0 Å². The number of amides is 2. The third-order valence-corrected chi connectivity index (χ3v) is 5.55. The number of fused-ring (bicyclic) bond motifs is 1. The third-order valence-electron chi connectivity index (χ3n) is 5.55. The van der Waals surface area contributed by atoms with E-state index in [9.17, 15) is 9.59 Å². The molecule has 4 rings (SSSR count). The van der Waals surface area contributed by atoms with E-state index in [1.54, 1.807) is 0 Å². The lowest BCUT2D eigenvalue weighted by atomic mass is 9.96. The van der Waals surface area contributed by atoms with Crippen LogP contribution in [-0.4, -0.2) is 34.4 Å². The first-order valence-corrected chi connectivity index (χ1v) is 9.93. The summed E-state index contributed by atoms with van der Waals surface area (Å²) in [5.74, 6) is 0.448. The van der Waals surface area contributed by atoms with Crippen LogP contribution in [0.1, 0.15) is 18.4 Å². The third kappa shape index (κ3) is 4.42. The van der Waals surface area contributed by atoms with E-state index in [-0.39, 0.29) is 24.3 Å². The standard InChI is InChI=1S/C23H25N3O3/c24-23(28)19-9-11-25(12-10-19)22(27)15-26-13-8-18-6-7-20(14-21(18)26)29-16-17-4-2-1-3-5-17/h1-8,13-14,19H,9-12,15-16H2,(H2,24,28). The zero-order chi connectivity index (χ0) is 20.2. The molecule has 2 N–H and O–H groups in total. The van der Waals surface area contributed by atoms with Gasteiger partial charge in [-0.3, -0.25) is 9.59 Å². The van der Waals surface area contributed by atoms with Gasteiger partial charge in [0.25, 0.3) is 0 Å². The summed E-state index contributed by atoms with van der Waals surface area (Å²) in [6, 6.07) is 18.0. The van der Waals surface area contributed by atoms with Crippen LogP contribution in [0.2, 0.25) is 0 Å². The summed E-state index contributed by atoms with van der Waals surface area (Å²) in [5, 5.41) is 1.07. The quantitative estimate of drug-likeness (QED) is 0.702. The highest BCUT2D eigenvalue weighted by atomic mass is 16.5. The number of primary amides is 1. The molecule has 0 radical (unpaired) electrons. The second-order valence-electron chi connectivity index (χ2n) is 7.50. The number of piperidine rings is 1. The van der Waals surface area contributed by atoms with Crippen LogP contribution in [0.5, 0.6) is 5.75 Å². The molecule has 1 aliphatic rings. The van der Waals surface area contributed by atoms with Crippen LogP contribution >= 0.6 is 0 Å². The molecule has 1 aromatic heterocycles. The summed E-state index contributed by atoms with van der Waals surface area (Å²) in [6.07, 6.45) is 3.22. The molecule has 1 saturated heterocycles. The van der Waals surface area contributed by atoms with Gasteiger partial charge in [-0.1, -0.05) is 30.3 Å². The first-order chi connectivity index (χ1) is 14.1. The Morgan fingerprint density at radius 2 is 1.79 bits per heavy atom. The lowest BCUT2D eigenvalue weighted by Crippen LogP contribution is -2.42. The molecule has 0 aliphatic carbocycles. The molecule has 150 valence electrons. The van der Waals surface area contributed by atoms with Crippen molar-refractivity contribution in [1.29, 1.82) is 0 Å². The van der Waals surface area contributed by atoms with E-state index >= 15 is 0 Å². The maximum absolute atomic E-state index is 12.7. The second-order valence-corrected chi connectivity index (χ2v) is 7.50. The molecule has 2 aromatic carbocycles. The maximum atomic E-state index is 12.7. The molecule has 0 bridgehead atoms. The van der Waals surface area contributed by atoms with Gasteiger partial charge in [0.1, 0.15) is 18.9 Å². The number of aromatic nitrogens is 1. The Labute approximate surface area is 169 Å². The highest BCUT2D eigenvalue weighted by molar-refractivity contribution is 5.84. The van der Waals surface area contributed by atoms with Gasteiger partial charge in [-0.15, -0.1) is 0 Å². The molecule has 0 saturated carbocycles. The number of carbonyl (C=O) groups excluding carboxylic acids is 2. The first kappa shape index (κ1) is 19.1. The number of likely N-dealkylation sites (tertiary alicyclic amines) is 1. The Balaban J connectivity index is 1.42. The van der Waals surface area contributed by atoms with Crippen LogP contribution in [0, 0.1) is 5.92 Å². The van der Waals surface area contributed by atoms with Gasteiger partial charge in [-0.25, -0.2) is 0 Å². The van der Waals surface area contributed by atoms with Crippen molar-refractivity contribution in [3.05, 3.63) is 66.4 Å². The Morgan fingerprint density at radius 1 is 1.03 bits per heavy atom. The molecule has 2 amide bonds. The summed E-state index contributed by atoms with van der Waals surface area (Å²) in [6.45, 7) is 1.93. The Bertz CT molecular complexity index is 1000. The van der Waals surface area contributed by atoms with Crippen LogP contribution in [0.15, 0.2) is 60.8 Å². The smallest absolute Gasteiger partial charge is 0.242 e. The Morgan fingerprint density at radius 3 is 2.52 bits per heavy atom. The number of hydrogen-bond acceptors (Lipinski definition) is 3. The van der Waals surface area contributed by atoms with Crippen molar-refractivity contribution >= 4 is 22.7 Å². The summed E-state index contributed by atoms with van der Waals surface area (Å²) in [5.41, 5.74) is 7.46. The fourth-order valence-corrected chi connectivity index (χ4v) is 3.79. The predicted molar refractivity (Wildman–Crippen MR) is 111 cm³/mol. The van der Waals surface area contributed by atoms with E-state index in [4.69, 9.17) is 10.5 Å². The molecule has 6 heteroatoms. The lowest BCUT2D eigenvalue weighted by molar-refractivity contribution is -0.135. The van der Waals surface area contributed by atoms with Crippen molar-refractivity contribution in [3.63, 3.8) is 0 Å². The molecule has 6 nitrogen and oxygen atoms in total. The van der Waals surface area contributed by atoms with Crippen molar-refractivity contribution in [2.75, 3.05) is 13.1 Å². The lowest BCUT2D eigenvalue weighted by Gasteiger charge is -2.30. The van der Waals surface area contributed by atoms with Gasteiger partial charge < -0.3 is 19.9 Å². The Hall–Kier alpha value is -3.28. The molecule has 1 fully saturated rings. The minimum absolute atomic E-state index is 0.0565. The van der Waals surface area contributed by atoms with E-state index in [0.29, 0.717) is 32.5 Å². The van der Waals surface area contributed by atoms with Gasteiger partial charge in [0.05, 0.1) is 5.52 Å². The van der Waals surface area contributed by atoms with Crippen LogP contribution in [0.25, 0.3) is 10.9 Å². The predicted octanol–water partition coefficient (Wildman–Crippen LogP) is 2.94. The monoisotopic (exact) mass is 391 g/mol. The summed E-state index contributed by atoms with van der Waals surface area (Å²) in [4.78, 5) is 25.9. The first-order valence-electron chi connectivity index (χ1n) is 9.93. The SMILES string of the molecule is NC(=O)C1CCN(C(=O)Cn2ccc3ccc(OCc4ccccc4)cc32)CC1. The summed E-state index contributed by atoms with van der Waals surface area (Å²) in [7, 11) is 0. The summed E-state index contributed by atoms with van der Waals surface area (Å²) >= 11 is 0. The van der Waals surface area contributed by atoms with Crippen molar-refractivity contribution in [2.45, 2.75) is 26.0 Å². The normalized spacial score (nSPS) is 14.8. The second kappa shape index (κ2) is 8.39. The fraction of sp³-hybridized carbons (Fsp3) is 0.304. The van der Waals surface area contributed by atoms with Crippen molar-refractivity contribution in [3.8, 4) is 5.75 Å². The molecule has 0 atom stereocenters. The van der Waals surface area contributed by atoms with Crippen LogP contribution in [0.4, 0.5) is 0 Å². The minimum atomic E-state index is -0.267. The molecule has 0 spiro atoms. The number of carbonyl (C=O) groups is 2. The highest BCUT2D eigenvalue weighted by Gasteiger charge is 2.26. The largest absolute Gasteiger partial charge is 0.489 e. The van der Waals surface area contributed by atoms with Crippen molar-refractivity contribution in [2.24, 2.45) is 11.7 Å². The number of nitrogens with zero attached hydrogens (tertiary/aromatic N) is 2. The van der Waals surface area contributed by atoms with Gasteiger partial charge in [0, 0.05) is 31.3 Å². The minimum Gasteiger partial charge on any atom is -0.489 e. The molecule has 2 heterocycles. The van der Waals surface area contributed by atoms with E-state index in [0.717, 1.165) is 22.2 Å². The van der Waals surface area contributed by atoms with E-state index < -0.39 is 0 Å². The summed E-state index contributed by atoms with van der Waals surface area (Å²) < 4.78 is 7.88. The van der Waals surface area contributed by atoms with E-state index in [1.165, 1.54) is 0 Å². The molecule has 3 aromatic rings. The zero-order valence-corrected chi connectivity index (χ0v) is 16.3. The molecule has 0 unspecified atom stereocenters. The fourth-order valence-electron chi connectivity index (χ4n) is 3.79. The number of rotatable bonds is 6. The average Bonchev–Trinajstić information content (AvgIpc) is 3.15. The number of ether oxygens (including phenoxy) is 1. The van der Waals surface area contributed by atoms with E-state index in [2.05, 4.69) is 0 Å². The molecular weight excluding hydrogens is 366 g/mol. The number of benzene rings is 2. The van der Waals surface area contributed by atoms with Gasteiger partial charge in [-0.05, 0) is 42.0 Å². The average molecular weight is 391 g/mol. The maximum Gasteiger partial charge on any atom is 0.242 e. The van der Waals surface area contributed by atoms with Crippen molar-refractivity contribution in [1.82, 2.24) is 9.47 Å². The topological polar surface area (TPSA) is 77.6 Å². The number of hydrogen-bond donors (Lipinski definition) is 1. The van der Waals surface area contributed by atoms with Gasteiger partial charge in [0.2, 0.25) is 11.8 Å².